The van der Waals surface area contributed by atoms with Crippen molar-refractivity contribution in [2.45, 2.75) is 64.4 Å². The van der Waals surface area contributed by atoms with Gasteiger partial charge in [0, 0.05) is 41.3 Å². The fourth-order valence-electron chi connectivity index (χ4n) is 5.76. The van der Waals surface area contributed by atoms with Crippen molar-refractivity contribution in [2.75, 3.05) is 26.3 Å². The van der Waals surface area contributed by atoms with E-state index in [1.165, 1.54) is 6.07 Å². The highest BCUT2D eigenvalue weighted by Crippen LogP contribution is 2.42. The van der Waals surface area contributed by atoms with Crippen LogP contribution in [-0.4, -0.2) is 42.3 Å². The summed E-state index contributed by atoms with van der Waals surface area (Å²) in [7, 11) is 0. The number of fused-ring (bicyclic) bond motifs is 1. The van der Waals surface area contributed by atoms with Gasteiger partial charge < -0.3 is 4.74 Å². The minimum Gasteiger partial charge on any atom is -0.489 e. The van der Waals surface area contributed by atoms with Gasteiger partial charge in [-0.15, -0.1) is 0 Å². The molecule has 1 aliphatic carbocycles. The van der Waals surface area contributed by atoms with Crippen molar-refractivity contribution in [3.05, 3.63) is 88.5 Å². The zero-order chi connectivity index (χ0) is 28.3. The Morgan fingerprint density at radius 3 is 2.48 bits per heavy atom. The lowest BCUT2D eigenvalue weighted by atomic mass is 9.85. The van der Waals surface area contributed by atoms with Gasteiger partial charge in [-0.3, -0.25) is 14.2 Å². The fraction of sp³-hybridized carbons (Fsp3) is 0.424. The number of ether oxygens (including phenoxy) is 1. The van der Waals surface area contributed by atoms with Crippen molar-refractivity contribution in [2.24, 2.45) is 0 Å². The number of rotatable bonds is 8. The molecule has 40 heavy (non-hydrogen) atoms. The van der Waals surface area contributed by atoms with Gasteiger partial charge in [-0.05, 0) is 95.8 Å². The van der Waals surface area contributed by atoms with Gasteiger partial charge in [0.2, 0.25) is 5.95 Å². The molecule has 1 aliphatic heterocycles. The first kappa shape index (κ1) is 28.2. The van der Waals surface area contributed by atoms with Crippen molar-refractivity contribution in [1.29, 1.82) is 0 Å². The molecule has 5 rings (SSSR count). The standard InChI is InChI=1S/C33H37F3N2O2/c1-33(2,3)30-19-24(20-31(35)37-30)28-7-4-6-23-18-26(40-36)12-13-29(23)32(28)22-8-10-25(11-9-22)39-27-14-17-38(21-27)16-5-15-34/h8-13,18-20,27H,4-7,14-17,21H2,1-3H3/t27-/m0/s1. The van der Waals surface area contributed by atoms with E-state index >= 15 is 0 Å². The minimum absolute atomic E-state index is 0.0774. The molecule has 0 amide bonds. The quantitative estimate of drug-likeness (QED) is 0.267. The zero-order valence-electron chi connectivity index (χ0n) is 23.5. The third kappa shape index (κ3) is 6.35. The van der Waals surface area contributed by atoms with Crippen LogP contribution in [0.3, 0.4) is 0 Å². The van der Waals surface area contributed by atoms with Crippen molar-refractivity contribution in [3.8, 4) is 11.5 Å². The number of halogens is 3. The van der Waals surface area contributed by atoms with Crippen LogP contribution in [0.4, 0.5) is 13.3 Å². The Kier molecular flexibility index (Phi) is 8.50. The molecule has 1 aromatic heterocycles. The third-order valence-corrected chi connectivity index (χ3v) is 7.80. The van der Waals surface area contributed by atoms with Crippen LogP contribution in [0.15, 0.2) is 54.6 Å². The number of aryl methyl sites for hydroxylation is 1. The Labute approximate surface area is 234 Å². The largest absolute Gasteiger partial charge is 0.489 e. The lowest BCUT2D eigenvalue weighted by Gasteiger charge is -2.21. The topological polar surface area (TPSA) is 34.6 Å². The van der Waals surface area contributed by atoms with Crippen molar-refractivity contribution in [3.63, 3.8) is 0 Å². The van der Waals surface area contributed by atoms with Crippen LogP contribution >= 0.6 is 0 Å². The first-order valence-electron chi connectivity index (χ1n) is 14.1. The van der Waals surface area contributed by atoms with E-state index in [-0.39, 0.29) is 23.9 Å². The SMILES string of the molecule is CC(C)(C)c1cc(C2=C(c3ccc(O[C@H]4CCN(CCCF)C4)cc3)c3ccc(OF)cc3CCC2)cc(F)n1. The van der Waals surface area contributed by atoms with E-state index in [0.29, 0.717) is 12.1 Å². The van der Waals surface area contributed by atoms with Gasteiger partial charge in [0.05, 0.1) is 6.67 Å². The number of hydrogen-bond donors (Lipinski definition) is 0. The summed E-state index contributed by atoms with van der Waals surface area (Å²) < 4.78 is 46.7. The van der Waals surface area contributed by atoms with Crippen LogP contribution in [-0.2, 0) is 11.8 Å². The Morgan fingerprint density at radius 1 is 0.975 bits per heavy atom. The highest BCUT2D eigenvalue weighted by Gasteiger charge is 2.26. The number of benzene rings is 2. The number of pyridine rings is 1. The summed E-state index contributed by atoms with van der Waals surface area (Å²) in [6.45, 7) is 8.25. The maximum absolute atomic E-state index is 14.9. The number of nitrogens with zero attached hydrogens (tertiary/aromatic N) is 2. The van der Waals surface area contributed by atoms with E-state index in [9.17, 15) is 13.3 Å². The second-order valence-electron chi connectivity index (χ2n) is 11.8. The summed E-state index contributed by atoms with van der Waals surface area (Å²) in [5.41, 5.74) is 6.17. The van der Waals surface area contributed by atoms with E-state index in [1.54, 1.807) is 12.1 Å². The lowest BCUT2D eigenvalue weighted by Crippen LogP contribution is -2.26. The fourth-order valence-corrected chi connectivity index (χ4v) is 5.76. The van der Waals surface area contributed by atoms with Crippen LogP contribution in [0.25, 0.3) is 11.1 Å². The van der Waals surface area contributed by atoms with Crippen LogP contribution in [0, 0.1) is 5.95 Å². The predicted octanol–water partition coefficient (Wildman–Crippen LogP) is 7.89. The molecule has 2 aromatic carbocycles. The molecule has 0 N–H and O–H groups in total. The number of likely N-dealkylation sites (tertiary alicyclic amines) is 1. The van der Waals surface area contributed by atoms with Gasteiger partial charge in [-0.1, -0.05) is 39.0 Å². The highest BCUT2D eigenvalue weighted by molar-refractivity contribution is 6.00. The molecule has 7 heteroatoms. The van der Waals surface area contributed by atoms with Crippen molar-refractivity contribution >= 4 is 11.1 Å². The summed E-state index contributed by atoms with van der Waals surface area (Å²) in [6, 6.07) is 16.8. The van der Waals surface area contributed by atoms with Gasteiger partial charge in [-0.25, -0.2) is 4.98 Å². The van der Waals surface area contributed by atoms with E-state index in [2.05, 4.69) is 14.8 Å². The number of aromatic nitrogens is 1. The molecular weight excluding hydrogens is 513 g/mol. The maximum Gasteiger partial charge on any atom is 0.213 e. The molecule has 0 spiro atoms. The molecule has 2 aliphatic rings. The predicted molar refractivity (Wildman–Crippen MR) is 152 cm³/mol. The normalized spacial score (nSPS) is 18.0. The summed E-state index contributed by atoms with van der Waals surface area (Å²) in [5, 5.41) is 0. The van der Waals surface area contributed by atoms with Gasteiger partial charge in [-0.2, -0.15) is 4.39 Å². The number of alkyl halides is 1. The highest BCUT2D eigenvalue weighted by atomic mass is 19.3. The molecule has 4 nitrogen and oxygen atoms in total. The average Bonchev–Trinajstić information content (AvgIpc) is 3.29. The zero-order valence-corrected chi connectivity index (χ0v) is 23.5. The molecular formula is C33H37F3N2O2. The molecule has 0 radical (unpaired) electrons. The van der Waals surface area contributed by atoms with Crippen LogP contribution in [0.1, 0.15) is 74.4 Å². The molecule has 1 saturated heterocycles. The molecule has 2 heterocycles. The number of allylic oxidation sites excluding steroid dienone is 1. The van der Waals surface area contributed by atoms with E-state index in [4.69, 9.17) is 4.74 Å². The Morgan fingerprint density at radius 2 is 1.75 bits per heavy atom. The van der Waals surface area contributed by atoms with Crippen LogP contribution in [0.5, 0.6) is 11.5 Å². The van der Waals surface area contributed by atoms with Crippen molar-refractivity contribution < 1.29 is 23.0 Å². The lowest BCUT2D eigenvalue weighted by molar-refractivity contribution is -0.00629. The van der Waals surface area contributed by atoms with Crippen molar-refractivity contribution in [1.82, 2.24) is 9.88 Å². The Bertz CT molecular complexity index is 1370. The van der Waals surface area contributed by atoms with Gasteiger partial charge in [0.15, 0.2) is 5.75 Å². The van der Waals surface area contributed by atoms with Gasteiger partial charge >= 0.3 is 0 Å². The summed E-state index contributed by atoms with van der Waals surface area (Å²) in [5.74, 6) is 0.455. The van der Waals surface area contributed by atoms with Gasteiger partial charge in [0.1, 0.15) is 11.9 Å². The van der Waals surface area contributed by atoms with Gasteiger partial charge in [0.25, 0.3) is 0 Å². The monoisotopic (exact) mass is 550 g/mol. The molecule has 212 valence electrons. The van der Waals surface area contributed by atoms with Crippen LogP contribution < -0.4 is 9.68 Å². The molecule has 0 bridgehead atoms. The van der Waals surface area contributed by atoms with E-state index in [1.807, 2.05) is 57.2 Å². The number of hydrogen-bond acceptors (Lipinski definition) is 4. The second kappa shape index (κ2) is 12.0. The molecule has 1 atom stereocenters. The molecule has 0 unspecified atom stereocenters. The van der Waals surface area contributed by atoms with E-state index < -0.39 is 5.95 Å². The molecule has 0 saturated carbocycles. The minimum atomic E-state index is -0.499. The van der Waals surface area contributed by atoms with Crippen LogP contribution in [0.2, 0.25) is 0 Å². The smallest absolute Gasteiger partial charge is 0.213 e. The third-order valence-electron chi connectivity index (χ3n) is 7.80. The molecule has 1 fully saturated rings. The second-order valence-corrected chi connectivity index (χ2v) is 11.8. The Balaban J connectivity index is 1.53. The summed E-state index contributed by atoms with van der Waals surface area (Å²) in [6.07, 6.45) is 3.86. The average molecular weight is 551 g/mol. The van der Waals surface area contributed by atoms with E-state index in [0.717, 1.165) is 84.5 Å². The summed E-state index contributed by atoms with van der Waals surface area (Å²) >= 11 is 0. The molecule has 3 aromatic rings. The Hall–Kier alpha value is -3.32. The first-order valence-corrected chi connectivity index (χ1v) is 14.1. The first-order chi connectivity index (χ1) is 19.2. The maximum atomic E-state index is 14.9. The summed E-state index contributed by atoms with van der Waals surface area (Å²) in [4.78, 5) is 10.5.